The number of carboxylic acid groups (broad SMARTS) is 1. The van der Waals surface area contributed by atoms with Crippen LogP contribution in [0.1, 0.15) is 66.8 Å². The quantitative estimate of drug-likeness (QED) is 0.777. The third-order valence-electron chi connectivity index (χ3n) is 5.63. The van der Waals surface area contributed by atoms with E-state index in [2.05, 4.69) is 12.2 Å². The van der Waals surface area contributed by atoms with Gasteiger partial charge in [0.25, 0.3) is 0 Å². The maximum Gasteiger partial charge on any atom is 0.341 e. The predicted molar refractivity (Wildman–Crippen MR) is 101 cm³/mol. The standard InChI is InChI=1S/C20H27NO5S/c1-3-26-20(25)16-14-9-8-11(2)10-15(14)27-18(16)21-17(22)12-6-4-5-7-13(12)19(23)24/h11-13H,3-10H2,1-2H3,(H,21,22)(H,23,24)/p-1/t11-,12-,13+/m1/s1. The first kappa shape index (κ1) is 19.9. The molecular formula is C20H26NO5S-. The number of aliphatic carboxylic acids is 1. The smallest absolute Gasteiger partial charge is 0.341 e. The molecule has 2 aliphatic carbocycles. The van der Waals surface area contributed by atoms with Gasteiger partial charge in [-0.1, -0.05) is 19.8 Å². The molecule has 3 atom stereocenters. The van der Waals surface area contributed by atoms with Crippen molar-refractivity contribution in [3.63, 3.8) is 0 Å². The summed E-state index contributed by atoms with van der Waals surface area (Å²) in [6.45, 7) is 4.20. The first-order chi connectivity index (χ1) is 12.9. The Morgan fingerprint density at radius 2 is 1.89 bits per heavy atom. The van der Waals surface area contributed by atoms with E-state index in [0.29, 0.717) is 29.3 Å². The summed E-state index contributed by atoms with van der Waals surface area (Å²) in [5.41, 5.74) is 1.44. The first-order valence-corrected chi connectivity index (χ1v) is 10.6. The molecule has 3 rings (SSSR count). The van der Waals surface area contributed by atoms with Crippen LogP contribution in [0.25, 0.3) is 0 Å². The lowest BCUT2D eigenvalue weighted by molar-refractivity contribution is -0.313. The third-order valence-corrected chi connectivity index (χ3v) is 6.80. The van der Waals surface area contributed by atoms with Crippen molar-refractivity contribution in [2.24, 2.45) is 17.8 Å². The number of hydrogen-bond donors (Lipinski definition) is 1. The van der Waals surface area contributed by atoms with Crippen molar-refractivity contribution in [1.82, 2.24) is 0 Å². The summed E-state index contributed by atoms with van der Waals surface area (Å²) in [5.74, 6) is -2.76. The van der Waals surface area contributed by atoms with E-state index in [1.165, 1.54) is 11.3 Å². The van der Waals surface area contributed by atoms with E-state index in [1.807, 2.05) is 0 Å². The number of fused-ring (bicyclic) bond motifs is 1. The highest BCUT2D eigenvalue weighted by molar-refractivity contribution is 7.17. The van der Waals surface area contributed by atoms with Crippen LogP contribution in [0.5, 0.6) is 0 Å². The number of nitrogens with one attached hydrogen (secondary N) is 1. The summed E-state index contributed by atoms with van der Waals surface area (Å²) >= 11 is 1.43. The number of carbonyl (C=O) groups is 3. The molecule has 0 radical (unpaired) electrons. The van der Waals surface area contributed by atoms with Crippen molar-refractivity contribution in [2.75, 3.05) is 11.9 Å². The highest BCUT2D eigenvalue weighted by Gasteiger charge is 2.34. The number of ether oxygens (including phenoxy) is 1. The predicted octanol–water partition coefficient (Wildman–Crippen LogP) is 2.54. The van der Waals surface area contributed by atoms with E-state index in [9.17, 15) is 19.5 Å². The van der Waals surface area contributed by atoms with Crippen LogP contribution in [0.2, 0.25) is 0 Å². The van der Waals surface area contributed by atoms with Gasteiger partial charge in [-0.3, -0.25) is 4.79 Å². The number of amides is 1. The molecule has 1 aromatic rings. The zero-order valence-corrected chi connectivity index (χ0v) is 16.7. The van der Waals surface area contributed by atoms with E-state index in [1.54, 1.807) is 6.92 Å². The van der Waals surface area contributed by atoms with Crippen LogP contribution in [-0.4, -0.2) is 24.5 Å². The highest BCUT2D eigenvalue weighted by Crippen LogP contribution is 2.41. The van der Waals surface area contributed by atoms with Crippen LogP contribution in [0.3, 0.4) is 0 Å². The Morgan fingerprint density at radius 1 is 1.19 bits per heavy atom. The maximum absolute atomic E-state index is 12.8. The zero-order chi connectivity index (χ0) is 19.6. The van der Waals surface area contributed by atoms with Crippen molar-refractivity contribution in [3.8, 4) is 0 Å². The van der Waals surface area contributed by atoms with Crippen molar-refractivity contribution >= 4 is 34.2 Å². The van der Waals surface area contributed by atoms with E-state index >= 15 is 0 Å². The zero-order valence-electron chi connectivity index (χ0n) is 15.8. The Balaban J connectivity index is 1.88. The van der Waals surface area contributed by atoms with Gasteiger partial charge in [0.15, 0.2) is 0 Å². The first-order valence-electron chi connectivity index (χ1n) is 9.75. The fourth-order valence-electron chi connectivity index (χ4n) is 4.19. The largest absolute Gasteiger partial charge is 0.550 e. The van der Waals surface area contributed by atoms with Gasteiger partial charge in [-0.25, -0.2) is 4.79 Å². The lowest BCUT2D eigenvalue weighted by atomic mass is 9.78. The fourth-order valence-corrected chi connectivity index (χ4v) is 5.59. The summed E-state index contributed by atoms with van der Waals surface area (Å²) < 4.78 is 5.22. The van der Waals surface area contributed by atoms with E-state index < -0.39 is 23.8 Å². The van der Waals surface area contributed by atoms with Gasteiger partial charge in [0.1, 0.15) is 5.00 Å². The van der Waals surface area contributed by atoms with Crippen LogP contribution in [-0.2, 0) is 27.2 Å². The van der Waals surface area contributed by atoms with Crippen LogP contribution in [0.15, 0.2) is 0 Å². The number of hydrogen-bond acceptors (Lipinski definition) is 6. The molecule has 1 N–H and O–H groups in total. The molecule has 0 aliphatic heterocycles. The molecule has 0 unspecified atom stereocenters. The molecule has 0 spiro atoms. The van der Waals surface area contributed by atoms with Gasteiger partial charge in [-0.05, 0) is 50.5 Å². The highest BCUT2D eigenvalue weighted by atomic mass is 32.1. The lowest BCUT2D eigenvalue weighted by Crippen LogP contribution is -2.42. The summed E-state index contributed by atoms with van der Waals surface area (Å²) in [6.07, 6.45) is 5.28. The molecule has 148 valence electrons. The summed E-state index contributed by atoms with van der Waals surface area (Å²) in [7, 11) is 0. The molecule has 2 aliphatic rings. The minimum atomic E-state index is -1.17. The molecule has 1 aromatic heterocycles. The monoisotopic (exact) mass is 392 g/mol. The van der Waals surface area contributed by atoms with Gasteiger partial charge < -0.3 is 20.0 Å². The summed E-state index contributed by atoms with van der Waals surface area (Å²) in [6, 6.07) is 0. The van der Waals surface area contributed by atoms with Crippen LogP contribution >= 0.6 is 11.3 Å². The topological polar surface area (TPSA) is 95.5 Å². The van der Waals surface area contributed by atoms with Gasteiger partial charge in [0.2, 0.25) is 5.91 Å². The molecule has 1 saturated carbocycles. The van der Waals surface area contributed by atoms with E-state index in [-0.39, 0.29) is 12.5 Å². The molecule has 6 nitrogen and oxygen atoms in total. The minimum Gasteiger partial charge on any atom is -0.550 e. The Bertz CT molecular complexity index is 741. The van der Waals surface area contributed by atoms with Gasteiger partial charge >= 0.3 is 5.97 Å². The van der Waals surface area contributed by atoms with Crippen molar-refractivity contribution in [2.45, 2.75) is 58.8 Å². The molecule has 1 fully saturated rings. The van der Waals surface area contributed by atoms with E-state index in [0.717, 1.165) is 42.5 Å². The molecule has 0 bridgehead atoms. The van der Waals surface area contributed by atoms with Crippen LogP contribution in [0, 0.1) is 17.8 Å². The van der Waals surface area contributed by atoms with Crippen molar-refractivity contribution < 1.29 is 24.2 Å². The second-order valence-electron chi connectivity index (χ2n) is 7.58. The number of anilines is 1. The Kier molecular flexibility index (Phi) is 6.19. The Hall–Kier alpha value is -1.89. The Morgan fingerprint density at radius 3 is 2.56 bits per heavy atom. The lowest BCUT2D eigenvalue weighted by Gasteiger charge is -2.31. The SMILES string of the molecule is CCOC(=O)c1c(NC(=O)[C@@H]2CCCC[C@@H]2C(=O)[O-])sc2c1CC[C@@H](C)C2. The molecule has 27 heavy (non-hydrogen) atoms. The molecule has 7 heteroatoms. The van der Waals surface area contributed by atoms with Gasteiger partial charge in [-0.2, -0.15) is 0 Å². The molecule has 0 aromatic carbocycles. The number of thiophene rings is 1. The average molecular weight is 392 g/mol. The molecule has 0 saturated heterocycles. The number of carboxylic acids is 1. The molecule has 1 amide bonds. The van der Waals surface area contributed by atoms with Crippen LogP contribution < -0.4 is 10.4 Å². The van der Waals surface area contributed by atoms with Gasteiger partial charge in [0, 0.05) is 22.7 Å². The Labute approximate surface area is 163 Å². The molecular weight excluding hydrogens is 366 g/mol. The third kappa shape index (κ3) is 4.18. The summed E-state index contributed by atoms with van der Waals surface area (Å²) in [4.78, 5) is 37.9. The molecule has 1 heterocycles. The number of rotatable bonds is 5. The average Bonchev–Trinajstić information content (AvgIpc) is 2.98. The number of esters is 1. The number of carbonyl (C=O) groups excluding carboxylic acids is 3. The minimum absolute atomic E-state index is 0.266. The van der Waals surface area contributed by atoms with Gasteiger partial charge in [0.05, 0.1) is 12.2 Å². The van der Waals surface area contributed by atoms with Crippen LogP contribution in [0.4, 0.5) is 5.00 Å². The van der Waals surface area contributed by atoms with Crippen molar-refractivity contribution in [3.05, 3.63) is 16.0 Å². The van der Waals surface area contributed by atoms with Gasteiger partial charge in [-0.15, -0.1) is 11.3 Å². The second-order valence-corrected chi connectivity index (χ2v) is 8.69. The summed E-state index contributed by atoms with van der Waals surface area (Å²) in [5, 5.41) is 14.8. The maximum atomic E-state index is 12.8. The second kappa shape index (κ2) is 8.42. The van der Waals surface area contributed by atoms with Crippen molar-refractivity contribution in [1.29, 1.82) is 0 Å². The van der Waals surface area contributed by atoms with E-state index in [4.69, 9.17) is 4.74 Å². The fraction of sp³-hybridized carbons (Fsp3) is 0.650. The normalized spacial score (nSPS) is 24.7.